The summed E-state index contributed by atoms with van der Waals surface area (Å²) in [5.41, 5.74) is 12.0. The number of carbonyl (C=O) groups excluding carboxylic acids is 9. The van der Waals surface area contributed by atoms with Crippen molar-refractivity contribution < 1.29 is 63.0 Å². The highest BCUT2D eigenvalue weighted by atomic mass is 16.4. The van der Waals surface area contributed by atoms with Gasteiger partial charge in [0.2, 0.25) is 53.2 Å². The molecular formula is C51H80N10O13. The van der Waals surface area contributed by atoms with Crippen LogP contribution in [0.1, 0.15) is 125 Å². The van der Waals surface area contributed by atoms with Gasteiger partial charge in [0, 0.05) is 32.4 Å². The molecule has 0 spiro atoms. The highest BCUT2D eigenvalue weighted by molar-refractivity contribution is 5.99. The van der Waals surface area contributed by atoms with Crippen LogP contribution in [0.2, 0.25) is 0 Å². The lowest BCUT2D eigenvalue weighted by molar-refractivity contribution is -0.148. The number of rotatable bonds is 29. The number of carbonyl (C=O) groups is 11. The number of carboxylic acid groups (broad SMARTS) is 2. The van der Waals surface area contributed by atoms with Crippen LogP contribution in [0.3, 0.4) is 0 Å². The van der Waals surface area contributed by atoms with Gasteiger partial charge in [-0.05, 0) is 80.6 Å². The molecule has 2 saturated heterocycles. The molecule has 1 aromatic carbocycles. The summed E-state index contributed by atoms with van der Waals surface area (Å²) < 4.78 is 0. The van der Waals surface area contributed by atoms with Crippen molar-refractivity contribution >= 4 is 65.1 Å². The SMILES string of the molecule is CC(C)C[C@H](NC(=O)[C@H](CCC(N)=O)NC(=O)[C@@H](NC(=O)[C@@H]1CCCN1C(=O)[C@@H]1CCCN1C(=O)[C@H](CC(C)C)NC(=O)[C@@H](NC(=O)[C@H](Cc1ccccc1)NC(=O)[C@@H](N)CCC(=O)O)C(C)C)C(C)C)C(=O)O. The second kappa shape index (κ2) is 29.3. The Morgan fingerprint density at radius 2 is 1.08 bits per heavy atom. The van der Waals surface area contributed by atoms with Crippen LogP contribution >= 0.6 is 0 Å². The van der Waals surface area contributed by atoms with E-state index in [0.29, 0.717) is 18.4 Å². The second-order valence-electron chi connectivity index (χ2n) is 20.9. The third-order valence-electron chi connectivity index (χ3n) is 13.0. The quantitative estimate of drug-likeness (QED) is 0.0508. The van der Waals surface area contributed by atoms with E-state index in [9.17, 15) is 57.8 Å². The van der Waals surface area contributed by atoms with E-state index >= 15 is 0 Å². The maximum absolute atomic E-state index is 14.6. The fourth-order valence-corrected chi connectivity index (χ4v) is 9.04. The zero-order valence-corrected chi connectivity index (χ0v) is 44.0. The standard InChI is InChI=1S/C51H80N10O13/c1-27(2)24-35(56-48(70)41(29(5)6)58-45(67)34(26-31-14-10-9-11-15-31)55-43(65)32(52)18-21-40(63)64)49(71)61-23-13-17-38(61)50(72)60-22-12-16-37(60)46(68)59-42(30(7)8)47(69)54-33(19-20-39(53)62)44(66)57-36(51(73)74)25-28(3)4/h9-11,14-15,27-30,32-38,41-42H,12-13,16-26,52H2,1-8H3,(H2,53,62)(H,54,69)(H,55,65)(H,56,70)(H,57,66)(H,58,67)(H,59,68)(H,63,64)(H,73,74)/t32-,33-,34-,35-,36-,37-,38-,41-,42-/m0/s1. The molecule has 9 atom stereocenters. The Morgan fingerprint density at radius 3 is 1.62 bits per heavy atom. The molecule has 3 rings (SSSR count). The third-order valence-corrected chi connectivity index (χ3v) is 13.0. The van der Waals surface area contributed by atoms with Gasteiger partial charge in [0.15, 0.2) is 0 Å². The first-order valence-electron chi connectivity index (χ1n) is 25.7. The van der Waals surface area contributed by atoms with Crippen LogP contribution in [0.5, 0.6) is 0 Å². The van der Waals surface area contributed by atoms with Gasteiger partial charge in [-0.15, -0.1) is 0 Å². The van der Waals surface area contributed by atoms with Crippen molar-refractivity contribution in [3.8, 4) is 0 Å². The smallest absolute Gasteiger partial charge is 0.326 e. The number of aliphatic carboxylic acids is 2. The number of hydrogen-bond acceptors (Lipinski definition) is 12. The number of nitrogens with one attached hydrogen (secondary N) is 6. The largest absolute Gasteiger partial charge is 0.481 e. The monoisotopic (exact) mass is 1040 g/mol. The van der Waals surface area contributed by atoms with Crippen molar-refractivity contribution in [3.63, 3.8) is 0 Å². The summed E-state index contributed by atoms with van der Waals surface area (Å²) in [6.45, 7) is 14.3. The summed E-state index contributed by atoms with van der Waals surface area (Å²) in [4.78, 5) is 149. The van der Waals surface area contributed by atoms with Gasteiger partial charge in [0.25, 0.3) is 0 Å². The van der Waals surface area contributed by atoms with E-state index in [1.54, 1.807) is 71.9 Å². The normalized spacial score (nSPS) is 18.4. The Labute approximate surface area is 433 Å². The lowest BCUT2D eigenvalue weighted by atomic mass is 9.98. The first-order valence-corrected chi connectivity index (χ1v) is 25.7. The summed E-state index contributed by atoms with van der Waals surface area (Å²) in [5, 5.41) is 34.7. The minimum atomic E-state index is -1.38. The van der Waals surface area contributed by atoms with E-state index in [4.69, 9.17) is 16.6 Å². The predicted molar refractivity (Wildman–Crippen MR) is 271 cm³/mol. The Bertz CT molecular complexity index is 2160. The van der Waals surface area contributed by atoms with Gasteiger partial charge < -0.3 is 63.4 Å². The van der Waals surface area contributed by atoms with Gasteiger partial charge in [0.1, 0.15) is 48.3 Å². The minimum Gasteiger partial charge on any atom is -0.481 e. The number of primary amides is 1. The number of amides is 9. The molecule has 23 nitrogen and oxygen atoms in total. The van der Waals surface area contributed by atoms with Crippen molar-refractivity contribution in [3.05, 3.63) is 35.9 Å². The van der Waals surface area contributed by atoms with Gasteiger partial charge in [-0.1, -0.05) is 85.7 Å². The number of nitrogens with two attached hydrogens (primary N) is 2. The second-order valence-corrected chi connectivity index (χ2v) is 20.9. The van der Waals surface area contributed by atoms with Crippen LogP contribution in [0.25, 0.3) is 0 Å². The molecule has 0 aromatic heterocycles. The average molecular weight is 1040 g/mol. The fourth-order valence-electron chi connectivity index (χ4n) is 9.04. The number of carboxylic acids is 2. The Balaban J connectivity index is 1.80. The van der Waals surface area contributed by atoms with E-state index in [-0.39, 0.29) is 82.7 Å². The van der Waals surface area contributed by atoms with Crippen molar-refractivity contribution in [1.82, 2.24) is 41.7 Å². The summed E-state index contributed by atoms with van der Waals surface area (Å²) in [7, 11) is 0. The molecule has 0 unspecified atom stereocenters. The molecule has 1 aromatic rings. The molecule has 0 radical (unpaired) electrons. The highest BCUT2D eigenvalue weighted by Gasteiger charge is 2.45. The van der Waals surface area contributed by atoms with E-state index in [1.807, 2.05) is 13.8 Å². The van der Waals surface area contributed by atoms with Gasteiger partial charge in [0.05, 0.1) is 6.04 Å². The van der Waals surface area contributed by atoms with E-state index < -0.39 is 131 Å². The number of likely N-dealkylation sites (tertiary alicyclic amines) is 2. The third kappa shape index (κ3) is 19.0. The topological polar surface area (TPSA) is 359 Å². The van der Waals surface area contributed by atoms with E-state index in [0.717, 1.165) is 0 Å². The molecule has 2 fully saturated rings. The molecule has 412 valence electrons. The maximum atomic E-state index is 14.6. The summed E-state index contributed by atoms with van der Waals surface area (Å²) in [5.74, 6) is -9.95. The molecule has 0 saturated carbocycles. The van der Waals surface area contributed by atoms with Crippen molar-refractivity contribution in [1.29, 1.82) is 0 Å². The van der Waals surface area contributed by atoms with Crippen LogP contribution in [0, 0.1) is 23.7 Å². The van der Waals surface area contributed by atoms with Crippen molar-refractivity contribution in [2.24, 2.45) is 35.1 Å². The fraction of sp³-hybridized carbons (Fsp3) is 0.667. The molecular weight excluding hydrogens is 961 g/mol. The number of nitrogens with zero attached hydrogens (tertiary/aromatic N) is 2. The molecule has 12 N–H and O–H groups in total. The van der Waals surface area contributed by atoms with Crippen LogP contribution in [-0.2, 0) is 59.2 Å². The Hall–Kier alpha value is -6.65. The van der Waals surface area contributed by atoms with Crippen LogP contribution in [0.4, 0.5) is 0 Å². The number of benzene rings is 1. The van der Waals surface area contributed by atoms with Crippen LogP contribution in [0.15, 0.2) is 30.3 Å². The van der Waals surface area contributed by atoms with Gasteiger partial charge in [-0.3, -0.25) is 47.9 Å². The zero-order valence-electron chi connectivity index (χ0n) is 44.0. The molecule has 74 heavy (non-hydrogen) atoms. The van der Waals surface area contributed by atoms with Crippen molar-refractivity contribution in [2.45, 2.75) is 180 Å². The Morgan fingerprint density at radius 1 is 0.581 bits per heavy atom. The first-order chi connectivity index (χ1) is 34.7. The summed E-state index contributed by atoms with van der Waals surface area (Å²) >= 11 is 0. The van der Waals surface area contributed by atoms with Gasteiger partial charge >= 0.3 is 11.9 Å². The molecule has 0 aliphatic carbocycles. The number of hydrogen-bond donors (Lipinski definition) is 10. The lowest BCUT2D eigenvalue weighted by Crippen LogP contribution is -2.61. The minimum absolute atomic E-state index is 0.0133. The molecule has 23 heteroatoms. The predicted octanol–water partition coefficient (Wildman–Crippen LogP) is 0.0663. The molecule has 9 amide bonds. The maximum Gasteiger partial charge on any atom is 0.326 e. The molecule has 2 aliphatic heterocycles. The molecule has 0 bridgehead atoms. The summed E-state index contributed by atoms with van der Waals surface area (Å²) in [6.07, 6.45) is 0.557. The lowest BCUT2D eigenvalue weighted by Gasteiger charge is -2.34. The van der Waals surface area contributed by atoms with E-state index in [2.05, 4.69) is 31.9 Å². The summed E-state index contributed by atoms with van der Waals surface area (Å²) in [6, 6.07) is -1.91. The van der Waals surface area contributed by atoms with Crippen LogP contribution in [-0.4, -0.2) is 153 Å². The first kappa shape index (κ1) is 61.6. The zero-order chi connectivity index (χ0) is 55.6. The highest BCUT2D eigenvalue weighted by Crippen LogP contribution is 2.27. The van der Waals surface area contributed by atoms with E-state index in [1.165, 1.54) is 9.80 Å². The van der Waals surface area contributed by atoms with Gasteiger partial charge in [-0.25, -0.2) is 4.79 Å². The average Bonchev–Trinajstić information content (AvgIpc) is 4.03. The van der Waals surface area contributed by atoms with Gasteiger partial charge in [-0.2, -0.15) is 0 Å². The van der Waals surface area contributed by atoms with Crippen molar-refractivity contribution in [2.75, 3.05) is 13.1 Å². The molecule has 2 heterocycles. The molecule has 2 aliphatic rings. The Kier molecular flexibility index (Phi) is 24.4. The van der Waals surface area contributed by atoms with Crippen LogP contribution < -0.4 is 43.4 Å².